The van der Waals surface area contributed by atoms with Crippen LogP contribution in [0.3, 0.4) is 0 Å². The molecule has 6 heteroatoms. The molecule has 0 bridgehead atoms. The van der Waals surface area contributed by atoms with Gasteiger partial charge in [-0.05, 0) is 55.7 Å². The van der Waals surface area contributed by atoms with E-state index in [4.69, 9.17) is 20.4 Å². The number of carbonyl (C=O) groups excluding carboxylic acids is 1. The van der Waals surface area contributed by atoms with Crippen molar-refractivity contribution in [2.75, 3.05) is 18.0 Å². The smallest absolute Gasteiger partial charge is 0.254 e. The minimum Gasteiger partial charge on any atom is -0.467 e. The third-order valence-corrected chi connectivity index (χ3v) is 5.18. The van der Waals surface area contributed by atoms with Crippen molar-refractivity contribution in [1.82, 2.24) is 4.90 Å². The van der Waals surface area contributed by atoms with Crippen molar-refractivity contribution >= 4 is 23.4 Å². The average Bonchev–Trinajstić information content (AvgIpc) is 3.40. The first-order valence-corrected chi connectivity index (χ1v) is 9.98. The van der Waals surface area contributed by atoms with Crippen molar-refractivity contribution in [2.45, 2.75) is 32.4 Å². The number of rotatable bonds is 6. The van der Waals surface area contributed by atoms with Gasteiger partial charge in [-0.1, -0.05) is 17.7 Å². The largest absolute Gasteiger partial charge is 0.467 e. The highest BCUT2D eigenvalue weighted by molar-refractivity contribution is 6.30. The molecule has 2 aromatic heterocycles. The quantitative estimate of drug-likeness (QED) is 0.561. The zero-order valence-electron chi connectivity index (χ0n) is 15.6. The fraction of sp³-hybridized carbons (Fsp3) is 0.318. The van der Waals surface area contributed by atoms with Crippen LogP contribution in [0.5, 0.6) is 0 Å². The Morgan fingerprint density at radius 3 is 2.57 bits per heavy atom. The average molecular weight is 399 g/mol. The first-order valence-electron chi connectivity index (χ1n) is 9.60. The highest BCUT2D eigenvalue weighted by atomic mass is 35.5. The molecule has 1 saturated heterocycles. The molecule has 1 amide bonds. The first-order chi connectivity index (χ1) is 13.7. The summed E-state index contributed by atoms with van der Waals surface area (Å²) in [4.78, 5) is 17.1. The van der Waals surface area contributed by atoms with Crippen molar-refractivity contribution < 1.29 is 13.6 Å². The minimum atomic E-state index is -0.116. The highest BCUT2D eigenvalue weighted by Crippen LogP contribution is 2.24. The fourth-order valence-electron chi connectivity index (χ4n) is 3.52. The van der Waals surface area contributed by atoms with E-state index in [0.717, 1.165) is 30.5 Å². The molecule has 0 N–H and O–H groups in total. The Hall–Kier alpha value is -2.66. The van der Waals surface area contributed by atoms with E-state index in [-0.39, 0.29) is 5.91 Å². The molecule has 1 aliphatic heterocycles. The summed E-state index contributed by atoms with van der Waals surface area (Å²) in [7, 11) is 0. The summed E-state index contributed by atoms with van der Waals surface area (Å²) in [6.45, 7) is 2.76. The molecule has 4 rings (SSSR count). The van der Waals surface area contributed by atoms with E-state index in [1.54, 1.807) is 35.4 Å². The zero-order chi connectivity index (χ0) is 19.3. The van der Waals surface area contributed by atoms with Crippen LogP contribution in [0.2, 0.25) is 5.02 Å². The molecule has 1 aromatic carbocycles. The molecule has 3 heterocycles. The zero-order valence-corrected chi connectivity index (χ0v) is 16.4. The third-order valence-electron chi connectivity index (χ3n) is 4.95. The number of benzene rings is 1. The van der Waals surface area contributed by atoms with Gasteiger partial charge >= 0.3 is 0 Å². The summed E-state index contributed by atoms with van der Waals surface area (Å²) in [5.74, 6) is 2.23. The van der Waals surface area contributed by atoms with Gasteiger partial charge in [-0.3, -0.25) is 4.79 Å². The normalized spacial score (nSPS) is 14.2. The van der Waals surface area contributed by atoms with Gasteiger partial charge in [-0.2, -0.15) is 0 Å². The van der Waals surface area contributed by atoms with Gasteiger partial charge in [0.2, 0.25) is 0 Å². The van der Waals surface area contributed by atoms with E-state index in [2.05, 4.69) is 4.90 Å². The Bertz CT molecular complexity index is 914. The Morgan fingerprint density at radius 2 is 1.82 bits per heavy atom. The molecule has 5 nitrogen and oxygen atoms in total. The topological polar surface area (TPSA) is 49.8 Å². The number of halogens is 1. The van der Waals surface area contributed by atoms with E-state index in [1.807, 2.05) is 24.3 Å². The van der Waals surface area contributed by atoms with E-state index >= 15 is 0 Å². The van der Waals surface area contributed by atoms with Crippen LogP contribution in [-0.2, 0) is 13.1 Å². The van der Waals surface area contributed by atoms with E-state index < -0.39 is 0 Å². The van der Waals surface area contributed by atoms with Gasteiger partial charge in [0.05, 0.1) is 19.4 Å². The van der Waals surface area contributed by atoms with Gasteiger partial charge in [0.1, 0.15) is 11.5 Å². The van der Waals surface area contributed by atoms with Crippen LogP contribution in [0.25, 0.3) is 0 Å². The third kappa shape index (κ3) is 4.42. The summed E-state index contributed by atoms with van der Waals surface area (Å²) in [6.07, 6.45) is 5.26. The van der Waals surface area contributed by atoms with Crippen LogP contribution in [0.1, 0.15) is 41.1 Å². The molecular formula is C22H23ClN2O3. The predicted octanol–water partition coefficient (Wildman–Crippen LogP) is 5.36. The number of carbonyl (C=O) groups is 1. The summed E-state index contributed by atoms with van der Waals surface area (Å²) >= 11 is 6.07. The molecule has 0 atom stereocenters. The number of amides is 1. The first kappa shape index (κ1) is 18.7. The Morgan fingerprint density at radius 1 is 1.00 bits per heavy atom. The number of nitrogens with zero attached hydrogens (tertiary/aromatic N) is 2. The lowest BCUT2D eigenvalue weighted by Gasteiger charge is -2.26. The van der Waals surface area contributed by atoms with Crippen molar-refractivity contribution in [3.8, 4) is 0 Å². The molecule has 0 unspecified atom stereocenters. The van der Waals surface area contributed by atoms with E-state index in [9.17, 15) is 4.79 Å². The summed E-state index contributed by atoms with van der Waals surface area (Å²) in [5, 5.41) is 0.536. The van der Waals surface area contributed by atoms with Crippen LogP contribution in [0.4, 0.5) is 5.88 Å². The standard InChI is InChI=1S/C22H23ClN2O3/c23-18-7-4-6-17(14-18)22(26)25(15-19-8-5-13-27-19)16-20-9-10-21(28-20)24-11-2-1-3-12-24/h4-10,13-14H,1-3,11-12,15-16H2. The number of hydrogen-bond acceptors (Lipinski definition) is 4. The number of hydrogen-bond donors (Lipinski definition) is 0. The number of anilines is 1. The van der Waals surface area contributed by atoms with Gasteiger partial charge in [-0.15, -0.1) is 0 Å². The van der Waals surface area contributed by atoms with Gasteiger partial charge in [0.25, 0.3) is 5.91 Å². The molecule has 3 aromatic rings. The summed E-state index contributed by atoms with van der Waals surface area (Å²) < 4.78 is 11.5. The molecule has 1 fully saturated rings. The fourth-order valence-corrected chi connectivity index (χ4v) is 3.71. The minimum absolute atomic E-state index is 0.116. The summed E-state index contributed by atoms with van der Waals surface area (Å²) in [5.41, 5.74) is 0.543. The Labute approximate surface area is 169 Å². The number of piperidine rings is 1. The lowest BCUT2D eigenvalue weighted by molar-refractivity contribution is 0.0705. The monoisotopic (exact) mass is 398 g/mol. The molecule has 0 radical (unpaired) electrons. The van der Waals surface area contributed by atoms with E-state index in [0.29, 0.717) is 23.7 Å². The molecule has 1 aliphatic rings. The van der Waals surface area contributed by atoms with Crippen molar-refractivity contribution in [3.05, 3.63) is 76.9 Å². The van der Waals surface area contributed by atoms with Crippen LogP contribution < -0.4 is 4.90 Å². The van der Waals surface area contributed by atoms with Crippen LogP contribution in [0, 0.1) is 0 Å². The second-order valence-corrected chi connectivity index (χ2v) is 7.48. The van der Waals surface area contributed by atoms with Crippen LogP contribution in [0.15, 0.2) is 63.6 Å². The Kier molecular flexibility index (Phi) is 5.72. The molecule has 0 spiro atoms. The lowest BCUT2D eigenvalue weighted by atomic mass is 10.1. The second kappa shape index (κ2) is 8.57. The van der Waals surface area contributed by atoms with Crippen molar-refractivity contribution in [3.63, 3.8) is 0 Å². The van der Waals surface area contributed by atoms with Gasteiger partial charge in [0.15, 0.2) is 5.88 Å². The maximum Gasteiger partial charge on any atom is 0.254 e. The molecule has 28 heavy (non-hydrogen) atoms. The molecule has 0 aliphatic carbocycles. The Balaban J connectivity index is 1.53. The highest BCUT2D eigenvalue weighted by Gasteiger charge is 2.21. The predicted molar refractivity (Wildman–Crippen MR) is 109 cm³/mol. The number of furan rings is 2. The van der Waals surface area contributed by atoms with Crippen molar-refractivity contribution in [1.29, 1.82) is 0 Å². The maximum absolute atomic E-state index is 13.1. The van der Waals surface area contributed by atoms with Crippen LogP contribution >= 0.6 is 11.6 Å². The van der Waals surface area contributed by atoms with Gasteiger partial charge in [0, 0.05) is 29.7 Å². The molecule has 0 saturated carbocycles. The molecular weight excluding hydrogens is 376 g/mol. The lowest BCUT2D eigenvalue weighted by Crippen LogP contribution is -2.30. The van der Waals surface area contributed by atoms with Crippen molar-refractivity contribution in [2.24, 2.45) is 0 Å². The summed E-state index contributed by atoms with van der Waals surface area (Å²) in [6, 6.07) is 14.6. The maximum atomic E-state index is 13.1. The van der Waals surface area contributed by atoms with E-state index in [1.165, 1.54) is 19.3 Å². The van der Waals surface area contributed by atoms with Gasteiger partial charge < -0.3 is 18.6 Å². The molecule has 146 valence electrons. The second-order valence-electron chi connectivity index (χ2n) is 7.04. The SMILES string of the molecule is O=C(c1cccc(Cl)c1)N(Cc1ccco1)Cc1ccc(N2CCCCC2)o1. The van der Waals surface area contributed by atoms with Gasteiger partial charge in [-0.25, -0.2) is 0 Å². The van der Waals surface area contributed by atoms with Crippen LogP contribution in [-0.4, -0.2) is 23.9 Å².